The summed E-state index contributed by atoms with van der Waals surface area (Å²) in [5.74, 6) is -2.80. The van der Waals surface area contributed by atoms with E-state index < -0.39 is 334 Å². The molecule has 9 aliphatic rings. The summed E-state index contributed by atoms with van der Waals surface area (Å²) in [6.07, 6.45) is -83.1. The van der Waals surface area contributed by atoms with Gasteiger partial charge in [0.05, 0.1) is 58.0 Å². The van der Waals surface area contributed by atoms with Gasteiger partial charge in [0, 0.05) is 20.8 Å². The molecule has 45 atom stereocenters. The van der Waals surface area contributed by atoms with Crippen molar-refractivity contribution in [3.8, 4) is 0 Å². The van der Waals surface area contributed by atoms with Crippen LogP contribution in [0.1, 0.15) is 41.5 Å². The first-order valence-electron chi connectivity index (χ1n) is 34.2. The molecule has 9 rings (SSSR count). The summed E-state index contributed by atoms with van der Waals surface area (Å²) in [6, 6.07) is -5.72. The molecular formula is C60H101N3O43. The molecule has 0 aromatic heterocycles. The molecule has 9 aliphatic heterocycles. The number of nitrogens with one attached hydrogen (secondary N) is 3. The lowest BCUT2D eigenvalue weighted by Crippen LogP contribution is -2.72. The maximum Gasteiger partial charge on any atom is 0.217 e. The monoisotopic (exact) mass is 1550 g/mol. The van der Waals surface area contributed by atoms with E-state index in [9.17, 15) is 132 Å². The first kappa shape index (κ1) is 86.8. The van der Waals surface area contributed by atoms with E-state index >= 15 is 0 Å². The molecule has 46 heteroatoms. The van der Waals surface area contributed by atoms with Gasteiger partial charge in [0.15, 0.2) is 56.6 Å². The van der Waals surface area contributed by atoms with E-state index in [4.69, 9.17) is 80.5 Å². The molecular weight excluding hydrogens is 1450 g/mol. The zero-order valence-electron chi connectivity index (χ0n) is 57.7. The third-order valence-electron chi connectivity index (χ3n) is 19.8. The highest BCUT2D eigenvalue weighted by atomic mass is 16.8. The minimum Gasteiger partial charge on any atom is -0.394 e. The molecule has 9 heterocycles. The van der Waals surface area contributed by atoms with Crippen LogP contribution >= 0.6 is 0 Å². The van der Waals surface area contributed by atoms with Gasteiger partial charge in [0.25, 0.3) is 0 Å². The Kier molecular flexibility index (Phi) is 30.4. The molecule has 46 nitrogen and oxygen atoms in total. The predicted molar refractivity (Wildman–Crippen MR) is 328 cm³/mol. The molecule has 0 aromatic carbocycles. The van der Waals surface area contributed by atoms with Gasteiger partial charge in [0.1, 0.15) is 201 Å². The number of hydrogen-bond donors (Lipinski definition) is 26. The van der Waals surface area contributed by atoms with Crippen LogP contribution in [0, 0.1) is 0 Å². The Bertz CT molecular complexity index is 2790. The molecule has 1 unspecified atom stereocenters. The summed E-state index contributed by atoms with van der Waals surface area (Å²) >= 11 is 0. The quantitative estimate of drug-likeness (QED) is 0.0404. The van der Waals surface area contributed by atoms with Crippen LogP contribution in [0.3, 0.4) is 0 Å². The van der Waals surface area contributed by atoms with E-state index in [0.717, 1.165) is 20.8 Å². The van der Waals surface area contributed by atoms with Crippen molar-refractivity contribution in [2.24, 2.45) is 0 Å². The molecule has 0 bridgehead atoms. The van der Waals surface area contributed by atoms with Gasteiger partial charge >= 0.3 is 0 Å². The van der Waals surface area contributed by atoms with E-state index in [-0.39, 0.29) is 0 Å². The molecule has 0 radical (unpaired) electrons. The third-order valence-corrected chi connectivity index (χ3v) is 19.8. The van der Waals surface area contributed by atoms with Crippen molar-refractivity contribution in [3.05, 3.63) is 0 Å². The van der Waals surface area contributed by atoms with Crippen molar-refractivity contribution < 1.29 is 212 Å². The van der Waals surface area contributed by atoms with Crippen LogP contribution < -0.4 is 16.0 Å². The summed E-state index contributed by atoms with van der Waals surface area (Å²) < 4.78 is 102. The van der Waals surface area contributed by atoms with E-state index in [1.807, 2.05) is 0 Å². The second-order valence-corrected chi connectivity index (χ2v) is 27.4. The van der Waals surface area contributed by atoms with Crippen LogP contribution in [0.2, 0.25) is 0 Å². The standard InChI is InChI=1S/C60H101N3O43/c1-13-28(72)36(80)41(85)55(91-13)103-48-27(63-18(6)71)54(98-23(11-68)46(48)101-60-51(40(84)32(76)20(8-65)96-60)106-57-43(87)38(82)30(74)15(3)93-57)104-49-34(78)24(99-58(44(49)88)102-47-26(62-17(5)70)52(89)94-21(9-66)33(47)77)12-90-53-25(61-16(4)69)35(79)45(22(10-67)97-53)100-59-50(39(83)31(75)19(7-64)95-59)105-56-42(86)37(81)29(73)14(2)92-56/h13-15,19-60,64-68,72-89H,7-12H2,1-6H3,(H,61,69)(H,62,70)(H,63,71)/t13-,14-,15-,19+,20+,21+,22+,23+,24+,25+,26+,27+,28+,29+,30+,31-,32-,33-,34-,35+,36+,37+,38+,39-,40-,41-,42-,43-,44+,45+,46+,47+,48+,49-,50+,51+,52?,53+,54-,55-,56-,57-,58-,59-,60-/m0/s1. The summed E-state index contributed by atoms with van der Waals surface area (Å²) in [7, 11) is 0. The van der Waals surface area contributed by atoms with Crippen LogP contribution in [0.5, 0.6) is 0 Å². The van der Waals surface area contributed by atoms with Crippen molar-refractivity contribution in [1.82, 2.24) is 16.0 Å². The number of ether oxygens (including phenoxy) is 17. The van der Waals surface area contributed by atoms with Crippen molar-refractivity contribution >= 4 is 17.7 Å². The Morgan fingerprint density at radius 2 is 0.594 bits per heavy atom. The van der Waals surface area contributed by atoms with Crippen molar-refractivity contribution in [1.29, 1.82) is 0 Å². The molecule has 9 saturated heterocycles. The lowest BCUT2D eigenvalue weighted by Gasteiger charge is -2.52. The van der Waals surface area contributed by atoms with Crippen LogP contribution in [-0.4, -0.2) is 451 Å². The van der Waals surface area contributed by atoms with E-state index in [1.54, 1.807) is 0 Å². The molecule has 9 fully saturated rings. The van der Waals surface area contributed by atoms with Gasteiger partial charge in [-0.05, 0) is 20.8 Å². The van der Waals surface area contributed by atoms with E-state index in [2.05, 4.69) is 16.0 Å². The minimum absolute atomic E-state index is 0.869. The smallest absolute Gasteiger partial charge is 0.217 e. The zero-order chi connectivity index (χ0) is 78.1. The maximum absolute atomic E-state index is 13.6. The van der Waals surface area contributed by atoms with E-state index in [1.165, 1.54) is 20.8 Å². The second-order valence-electron chi connectivity index (χ2n) is 27.4. The highest BCUT2D eigenvalue weighted by Gasteiger charge is 2.61. The molecule has 3 amide bonds. The first-order valence-corrected chi connectivity index (χ1v) is 34.2. The maximum atomic E-state index is 13.6. The number of aliphatic hydroxyl groups is 23. The molecule has 26 N–H and O–H groups in total. The predicted octanol–water partition coefficient (Wildman–Crippen LogP) is -17.1. The lowest BCUT2D eigenvalue weighted by atomic mass is 9.93. The topological polar surface area (TPSA) is 710 Å². The van der Waals surface area contributed by atoms with Crippen LogP contribution in [0.4, 0.5) is 0 Å². The van der Waals surface area contributed by atoms with Crippen molar-refractivity contribution in [2.75, 3.05) is 39.6 Å². The summed E-state index contributed by atoms with van der Waals surface area (Å²) in [6.45, 7) is 0.146. The summed E-state index contributed by atoms with van der Waals surface area (Å²) in [5.41, 5.74) is 0. The number of amides is 3. The van der Waals surface area contributed by atoms with Gasteiger partial charge in [-0.2, -0.15) is 0 Å². The largest absolute Gasteiger partial charge is 0.394 e. The van der Waals surface area contributed by atoms with Crippen LogP contribution in [-0.2, 0) is 94.9 Å². The molecule has 0 saturated carbocycles. The Hall–Kier alpha value is -3.19. The SMILES string of the molecule is CC(=O)N[C@H]1[C@H](OC[C@H]2O[C@@H](O[C@H]3[C@@H](O)[C@@H](CO)OC(O)[C@@H]3NC(C)=O)[C@H](O)[C@@H](O[C@@H]3O[C@H](CO)[C@@H](O[C@@H]4O[C@H](CO)[C@H](O)[C@H](O)[C@H]4O[C@@H]4O[C@@H](C)[C@@H](O)[C@@H](O)[C@@H]4O)[C@H](O[C@@H]4O[C@@H](C)[C@@H](O)[C@@H](O)[C@@H]4O)[C@H]3NC(C)=O)[C@H]2O)O[C@H](CO)[C@@H](O[C@@H]2O[C@H](CO)[C@H](O)[C@H](O)[C@H]2O[C@@H]2O[C@@H](C)[C@@H](O)[C@@H](O)[C@@H]2O)[C@@H]1O. The zero-order valence-corrected chi connectivity index (χ0v) is 57.7. The molecule has 106 heavy (non-hydrogen) atoms. The Morgan fingerprint density at radius 3 is 1.04 bits per heavy atom. The van der Waals surface area contributed by atoms with E-state index in [0.29, 0.717) is 0 Å². The van der Waals surface area contributed by atoms with Gasteiger partial charge in [-0.15, -0.1) is 0 Å². The fourth-order valence-corrected chi connectivity index (χ4v) is 13.9. The summed E-state index contributed by atoms with van der Waals surface area (Å²) in [5, 5.41) is 263. The molecule has 614 valence electrons. The average molecular weight is 1550 g/mol. The molecule has 0 aromatic rings. The number of hydrogen-bond acceptors (Lipinski definition) is 43. The fourth-order valence-electron chi connectivity index (χ4n) is 13.9. The minimum atomic E-state index is -2.48. The van der Waals surface area contributed by atoms with Crippen molar-refractivity contribution in [3.63, 3.8) is 0 Å². The van der Waals surface area contributed by atoms with Crippen LogP contribution in [0.15, 0.2) is 0 Å². The summed E-state index contributed by atoms with van der Waals surface area (Å²) in [4.78, 5) is 39.3. The van der Waals surface area contributed by atoms with Gasteiger partial charge in [-0.3, -0.25) is 14.4 Å². The van der Waals surface area contributed by atoms with Gasteiger partial charge in [-0.25, -0.2) is 0 Å². The number of aliphatic hydroxyl groups excluding tert-OH is 23. The third kappa shape index (κ3) is 18.7. The molecule has 0 aliphatic carbocycles. The average Bonchev–Trinajstić information content (AvgIpc) is 0.762. The Morgan fingerprint density at radius 1 is 0.264 bits per heavy atom. The van der Waals surface area contributed by atoms with Crippen molar-refractivity contribution in [2.45, 2.75) is 318 Å². The number of carbonyl (C=O) groups is 3. The van der Waals surface area contributed by atoms with Crippen LogP contribution in [0.25, 0.3) is 0 Å². The highest BCUT2D eigenvalue weighted by molar-refractivity contribution is 5.74. The van der Waals surface area contributed by atoms with Gasteiger partial charge < -0.3 is 214 Å². The fraction of sp³-hybridized carbons (Fsp3) is 0.950. The first-order chi connectivity index (χ1) is 50.0. The number of rotatable bonds is 25. The van der Waals surface area contributed by atoms with Gasteiger partial charge in [-0.1, -0.05) is 0 Å². The second kappa shape index (κ2) is 37.2. The Labute approximate surface area is 602 Å². The normalized spacial score (nSPS) is 51.1. The Balaban J connectivity index is 1.06. The lowest BCUT2D eigenvalue weighted by molar-refractivity contribution is -0.401. The van der Waals surface area contributed by atoms with Gasteiger partial charge in [0.2, 0.25) is 17.7 Å². The highest BCUT2D eigenvalue weighted by Crippen LogP contribution is 2.40. The molecule has 0 spiro atoms. The number of carbonyl (C=O) groups excluding carboxylic acids is 3.